The molecule has 10 aromatic rings. The van der Waals surface area contributed by atoms with Gasteiger partial charge in [-0.15, -0.1) is 0 Å². The zero-order valence-electron chi connectivity index (χ0n) is 30.6. The van der Waals surface area contributed by atoms with Crippen molar-refractivity contribution in [3.8, 4) is 16.9 Å². The van der Waals surface area contributed by atoms with Crippen molar-refractivity contribution in [3.63, 3.8) is 0 Å². The minimum Gasteiger partial charge on any atom is -0.452 e. The highest BCUT2D eigenvalue weighted by Gasteiger charge is 2.40. The van der Waals surface area contributed by atoms with Crippen LogP contribution in [0.2, 0.25) is 0 Å². The van der Waals surface area contributed by atoms with E-state index in [9.17, 15) is 0 Å². The molecule has 0 bridgehead atoms. The quantitative estimate of drug-likeness (QED) is 0.182. The molecule has 0 radical (unpaired) electrons. The van der Waals surface area contributed by atoms with Crippen LogP contribution in [0.15, 0.2) is 186 Å². The van der Waals surface area contributed by atoms with Crippen molar-refractivity contribution in [2.24, 2.45) is 5.92 Å². The molecule has 1 aliphatic carbocycles. The first kappa shape index (κ1) is 31.1. The monoisotopic (exact) mass is 718 g/mol. The van der Waals surface area contributed by atoms with Gasteiger partial charge in [-0.3, -0.25) is 0 Å². The van der Waals surface area contributed by atoms with E-state index in [0.717, 1.165) is 33.4 Å². The number of para-hydroxylation sites is 3. The van der Waals surface area contributed by atoms with Gasteiger partial charge in [-0.25, -0.2) is 9.97 Å². The predicted octanol–water partition coefficient (Wildman–Crippen LogP) is 13.1. The Morgan fingerprint density at radius 2 is 1.30 bits per heavy atom. The Kier molecular flexibility index (Phi) is 6.61. The molecule has 0 saturated heterocycles. The lowest BCUT2D eigenvalue weighted by atomic mass is 9.76. The number of anilines is 2. The molecule has 1 aliphatic heterocycles. The highest BCUT2D eigenvalue weighted by atomic mass is 16.3. The number of furan rings is 1. The number of nitrogens with zero attached hydrogens (tertiary/aromatic N) is 4. The summed E-state index contributed by atoms with van der Waals surface area (Å²) in [6.07, 6.45) is 6.35. The van der Waals surface area contributed by atoms with Crippen molar-refractivity contribution in [2.45, 2.75) is 12.8 Å². The highest BCUT2D eigenvalue weighted by Crippen LogP contribution is 2.55. The minimum absolute atomic E-state index is 0.254. The molecule has 2 aliphatic rings. The summed E-state index contributed by atoms with van der Waals surface area (Å²) in [6.45, 7) is 2.40. The largest absolute Gasteiger partial charge is 0.452 e. The summed E-state index contributed by atoms with van der Waals surface area (Å²) in [6, 6.07) is 56.8. The summed E-state index contributed by atoms with van der Waals surface area (Å²) in [5, 5.41) is 5.99. The molecule has 7 aromatic carbocycles. The second-order valence-corrected chi connectivity index (χ2v) is 15.0. The summed E-state index contributed by atoms with van der Waals surface area (Å²) in [5.74, 6) is 0.531. The lowest BCUT2D eigenvalue weighted by Gasteiger charge is -2.31. The Balaban J connectivity index is 0.945. The summed E-state index contributed by atoms with van der Waals surface area (Å²) in [4.78, 5) is 11.7. The molecule has 5 nitrogen and oxygen atoms in total. The van der Waals surface area contributed by atoms with Gasteiger partial charge in [0.05, 0.1) is 11.0 Å². The smallest absolute Gasteiger partial charge is 0.180 e. The van der Waals surface area contributed by atoms with Gasteiger partial charge in [0.15, 0.2) is 5.58 Å². The Bertz CT molecular complexity index is 3290. The second-order valence-electron chi connectivity index (χ2n) is 15.0. The fraction of sp³-hybridized carbons (Fsp3) is 0.0588. The fourth-order valence-electron chi connectivity index (χ4n) is 9.49. The molecule has 0 saturated carbocycles. The topological polar surface area (TPSA) is 47.1 Å². The lowest BCUT2D eigenvalue weighted by molar-refractivity contribution is 0.636. The van der Waals surface area contributed by atoms with E-state index in [0.29, 0.717) is 5.58 Å². The van der Waals surface area contributed by atoms with Crippen LogP contribution >= 0.6 is 0 Å². The first-order valence-corrected chi connectivity index (χ1v) is 19.3. The molecule has 56 heavy (non-hydrogen) atoms. The molecule has 2 unspecified atom stereocenters. The van der Waals surface area contributed by atoms with Gasteiger partial charge >= 0.3 is 0 Å². The van der Waals surface area contributed by atoms with Crippen LogP contribution in [0.3, 0.4) is 0 Å². The van der Waals surface area contributed by atoms with Gasteiger partial charge in [0.25, 0.3) is 0 Å². The van der Waals surface area contributed by atoms with Gasteiger partial charge in [-0.2, -0.15) is 0 Å². The predicted molar refractivity (Wildman–Crippen MR) is 230 cm³/mol. The van der Waals surface area contributed by atoms with Crippen LogP contribution in [-0.4, -0.2) is 14.5 Å². The molecule has 12 rings (SSSR count). The van der Waals surface area contributed by atoms with Crippen LogP contribution in [0.5, 0.6) is 0 Å². The lowest BCUT2D eigenvalue weighted by Crippen LogP contribution is -2.20. The summed E-state index contributed by atoms with van der Waals surface area (Å²) < 4.78 is 8.64. The van der Waals surface area contributed by atoms with Crippen molar-refractivity contribution < 1.29 is 4.42 Å². The number of aromatic nitrogens is 3. The summed E-state index contributed by atoms with van der Waals surface area (Å²) in [5.41, 5.74) is 15.4. The molecule has 0 N–H and O–H groups in total. The third kappa shape index (κ3) is 4.48. The van der Waals surface area contributed by atoms with Crippen LogP contribution in [0.1, 0.15) is 24.0 Å². The maximum Gasteiger partial charge on any atom is 0.180 e. The number of hydrogen-bond donors (Lipinski definition) is 0. The van der Waals surface area contributed by atoms with E-state index in [1.165, 1.54) is 66.4 Å². The molecule has 0 spiro atoms. The Morgan fingerprint density at radius 3 is 2.21 bits per heavy atom. The normalized spacial score (nSPS) is 16.5. The molecule has 3 aromatic heterocycles. The number of allylic oxidation sites excluding steroid dienone is 4. The molecular formula is C51H34N4O. The second kappa shape index (κ2) is 11.9. The van der Waals surface area contributed by atoms with Gasteiger partial charge in [-0.1, -0.05) is 110 Å². The van der Waals surface area contributed by atoms with Crippen molar-refractivity contribution in [3.05, 3.63) is 193 Å². The SMILES string of the molecule is CC1C(c2ccc3c(c2)c2ccccc2n3-c2ccc(-c3ncnc4c3oc3ccccc34)cc2)=CC=C2C1c1ccccc1N2c1ccc2ccccc2c1. The number of benzene rings is 7. The van der Waals surface area contributed by atoms with E-state index in [2.05, 4.69) is 172 Å². The third-order valence-corrected chi connectivity index (χ3v) is 12.1. The number of fused-ring (bicyclic) bond motifs is 10. The summed E-state index contributed by atoms with van der Waals surface area (Å²) >= 11 is 0. The van der Waals surface area contributed by atoms with Crippen molar-refractivity contribution in [1.82, 2.24) is 14.5 Å². The van der Waals surface area contributed by atoms with Crippen LogP contribution in [-0.2, 0) is 0 Å². The maximum atomic E-state index is 6.26. The van der Waals surface area contributed by atoms with Gasteiger partial charge < -0.3 is 13.9 Å². The number of rotatable bonds is 4. The van der Waals surface area contributed by atoms with E-state index in [1.807, 2.05) is 24.3 Å². The van der Waals surface area contributed by atoms with Gasteiger partial charge in [0.2, 0.25) is 0 Å². The zero-order chi connectivity index (χ0) is 36.9. The Morgan fingerprint density at radius 1 is 0.571 bits per heavy atom. The van der Waals surface area contributed by atoms with Crippen molar-refractivity contribution >= 4 is 71.6 Å². The van der Waals surface area contributed by atoms with E-state index >= 15 is 0 Å². The van der Waals surface area contributed by atoms with E-state index < -0.39 is 0 Å². The zero-order valence-corrected chi connectivity index (χ0v) is 30.6. The van der Waals surface area contributed by atoms with E-state index in [1.54, 1.807) is 6.33 Å². The maximum absolute atomic E-state index is 6.26. The first-order valence-electron chi connectivity index (χ1n) is 19.3. The van der Waals surface area contributed by atoms with Crippen molar-refractivity contribution in [1.29, 1.82) is 0 Å². The molecule has 264 valence electrons. The molecule has 2 atom stereocenters. The van der Waals surface area contributed by atoms with Gasteiger partial charge in [-0.05, 0) is 100 Å². The first-order chi connectivity index (χ1) is 27.7. The Hall–Kier alpha value is -7.24. The third-order valence-electron chi connectivity index (χ3n) is 12.1. The van der Waals surface area contributed by atoms with E-state index in [4.69, 9.17) is 4.42 Å². The molecule has 5 heteroatoms. The number of hydrogen-bond acceptors (Lipinski definition) is 4. The molecule has 0 amide bonds. The standard InChI is InChI=1S/C51H34N4O/c1-31-38(25-27-46-48(31)40-13-5-8-16-44(40)55(46)37-24-18-32-10-2-3-11-34(32)28-37)35-21-26-45-42(29-35)39-12-4-7-15-43(39)54(45)36-22-19-33(20-23-36)49-51-50(53-30-52-49)41-14-6-9-17-47(41)56-51/h2-31,48H,1H3. The average molecular weight is 719 g/mol. The summed E-state index contributed by atoms with van der Waals surface area (Å²) in [7, 11) is 0. The van der Waals surface area contributed by atoms with Gasteiger partial charge in [0, 0.05) is 50.4 Å². The highest BCUT2D eigenvalue weighted by molar-refractivity contribution is 6.10. The molecule has 4 heterocycles. The van der Waals surface area contributed by atoms with Crippen LogP contribution in [0.4, 0.5) is 11.4 Å². The van der Waals surface area contributed by atoms with E-state index in [-0.39, 0.29) is 11.8 Å². The van der Waals surface area contributed by atoms with Crippen molar-refractivity contribution in [2.75, 3.05) is 4.90 Å². The fourth-order valence-corrected chi connectivity index (χ4v) is 9.49. The Labute approximate surface area is 323 Å². The average Bonchev–Trinajstić information content (AvgIpc) is 3.92. The van der Waals surface area contributed by atoms with Gasteiger partial charge in [0.1, 0.15) is 23.1 Å². The van der Waals surface area contributed by atoms with Crippen LogP contribution in [0.25, 0.3) is 77.2 Å². The molecular weight excluding hydrogens is 685 g/mol. The van der Waals surface area contributed by atoms with Crippen LogP contribution < -0.4 is 4.90 Å². The minimum atomic E-state index is 0.254. The molecule has 0 fully saturated rings. The van der Waals surface area contributed by atoms with Crippen LogP contribution in [0, 0.1) is 5.92 Å².